The van der Waals surface area contributed by atoms with Gasteiger partial charge in [-0.15, -0.1) is 0 Å². The summed E-state index contributed by atoms with van der Waals surface area (Å²) in [6.45, 7) is 0.146. The lowest BCUT2D eigenvalue weighted by Gasteiger charge is -2.19. The van der Waals surface area contributed by atoms with Crippen LogP contribution in [0.2, 0.25) is 5.02 Å². The minimum Gasteiger partial charge on any atom is -0.457 e. The van der Waals surface area contributed by atoms with Gasteiger partial charge in [0.1, 0.15) is 17.3 Å². The van der Waals surface area contributed by atoms with E-state index in [2.05, 4.69) is 16.0 Å². The van der Waals surface area contributed by atoms with Crippen molar-refractivity contribution >= 4 is 41.1 Å². The van der Waals surface area contributed by atoms with Crippen LogP contribution in [0.3, 0.4) is 0 Å². The first-order valence-corrected chi connectivity index (χ1v) is 16.1. The van der Waals surface area contributed by atoms with Crippen molar-refractivity contribution in [1.29, 1.82) is 5.41 Å². The second-order valence-corrected chi connectivity index (χ2v) is 12.2. The number of para-hydroxylation sites is 1. The maximum atomic E-state index is 13.5. The summed E-state index contributed by atoms with van der Waals surface area (Å²) < 4.78 is 5.86. The van der Waals surface area contributed by atoms with E-state index in [0.717, 1.165) is 16.0 Å². The van der Waals surface area contributed by atoms with Crippen LogP contribution in [0.25, 0.3) is 0 Å². The molecule has 0 radical (unpaired) electrons. The number of carbonyl (C=O) groups excluding carboxylic acids is 4. The minimum atomic E-state index is -0.505. The molecule has 0 aromatic heterocycles. The third-order valence-corrected chi connectivity index (χ3v) is 8.59. The van der Waals surface area contributed by atoms with Crippen molar-refractivity contribution < 1.29 is 23.9 Å². The van der Waals surface area contributed by atoms with Gasteiger partial charge in [-0.1, -0.05) is 66.2 Å². The zero-order valence-electron chi connectivity index (χ0n) is 25.9. The van der Waals surface area contributed by atoms with Crippen LogP contribution in [0.5, 0.6) is 11.5 Å². The number of nitrogens with one attached hydrogen (secondary N) is 4. The number of carbonyl (C=O) groups is 4. The Morgan fingerprint density at radius 3 is 2.23 bits per heavy atom. The molecule has 4 N–H and O–H groups in total. The van der Waals surface area contributed by atoms with E-state index in [1.165, 1.54) is 0 Å². The van der Waals surface area contributed by atoms with Gasteiger partial charge in [0.05, 0.1) is 23.5 Å². The SMILES string of the molecule is N=C(CC1NC1C(Cc1ccc(Cl)cc1)C(=O)NCCN1C(=O)c2ccccc2C1=O)NC(=O)Cc1cccc(Oc2ccccc2)c1. The zero-order chi connectivity index (χ0) is 33.6. The summed E-state index contributed by atoms with van der Waals surface area (Å²) in [7, 11) is 0. The molecular weight excluding hydrogens is 630 g/mol. The van der Waals surface area contributed by atoms with Crippen LogP contribution in [-0.4, -0.2) is 59.5 Å². The van der Waals surface area contributed by atoms with Crippen molar-refractivity contribution in [1.82, 2.24) is 20.9 Å². The quantitative estimate of drug-likeness (QED) is 0.0701. The number of ether oxygens (including phenoxy) is 1. The van der Waals surface area contributed by atoms with Crippen LogP contribution in [-0.2, 0) is 22.4 Å². The highest BCUT2D eigenvalue weighted by Gasteiger charge is 2.46. The molecule has 244 valence electrons. The number of benzene rings is 4. The fraction of sp³-hybridized carbons (Fsp3) is 0.216. The smallest absolute Gasteiger partial charge is 0.261 e. The van der Waals surface area contributed by atoms with Gasteiger partial charge in [0.15, 0.2) is 0 Å². The highest BCUT2D eigenvalue weighted by molar-refractivity contribution is 6.30. The number of hydrogen-bond donors (Lipinski definition) is 4. The Morgan fingerprint density at radius 2 is 1.52 bits per heavy atom. The molecule has 2 heterocycles. The van der Waals surface area contributed by atoms with Crippen LogP contribution in [0.4, 0.5) is 0 Å². The van der Waals surface area contributed by atoms with E-state index in [1.54, 1.807) is 42.5 Å². The van der Waals surface area contributed by atoms with Gasteiger partial charge in [-0.05, 0) is 66.1 Å². The summed E-state index contributed by atoms with van der Waals surface area (Å²) in [5.74, 6) is -0.464. The van der Waals surface area contributed by atoms with Gasteiger partial charge in [-0.3, -0.25) is 29.5 Å². The maximum Gasteiger partial charge on any atom is 0.261 e. The molecule has 3 atom stereocenters. The molecule has 48 heavy (non-hydrogen) atoms. The molecule has 6 rings (SSSR count). The van der Waals surface area contributed by atoms with Gasteiger partial charge < -0.3 is 20.7 Å². The number of fused-ring (bicyclic) bond motifs is 1. The average Bonchev–Trinajstić information content (AvgIpc) is 3.79. The van der Waals surface area contributed by atoms with Crippen molar-refractivity contribution in [3.05, 3.63) is 130 Å². The molecule has 4 aromatic rings. The predicted octanol–water partition coefficient (Wildman–Crippen LogP) is 4.77. The molecule has 0 spiro atoms. The number of imide groups is 1. The fourth-order valence-corrected chi connectivity index (χ4v) is 6.03. The third kappa shape index (κ3) is 7.96. The first-order chi connectivity index (χ1) is 23.2. The van der Waals surface area contributed by atoms with Crippen molar-refractivity contribution in [2.45, 2.75) is 31.3 Å². The molecule has 1 saturated heterocycles. The van der Waals surface area contributed by atoms with Crippen molar-refractivity contribution in [2.24, 2.45) is 5.92 Å². The summed E-state index contributed by atoms with van der Waals surface area (Å²) in [5, 5.41) is 17.9. The molecule has 0 aliphatic carbocycles. The average molecular weight is 664 g/mol. The highest BCUT2D eigenvalue weighted by Crippen LogP contribution is 2.28. The lowest BCUT2D eigenvalue weighted by Crippen LogP contribution is -2.42. The van der Waals surface area contributed by atoms with Gasteiger partial charge in [0.25, 0.3) is 11.8 Å². The van der Waals surface area contributed by atoms with E-state index in [4.69, 9.17) is 21.7 Å². The standard InChI is InChI=1S/C37H34ClN5O5/c38-25-15-13-23(14-16-25)20-30(35(45)40-17-18-43-36(46)28-11-4-5-12-29(28)37(43)47)34-31(41-34)22-32(39)42-33(44)21-24-7-6-10-27(19-24)48-26-8-2-1-3-9-26/h1-16,19,30-31,34,41H,17-18,20-22H2,(H,40,45)(H2,39,42,44). The number of amidine groups is 1. The van der Waals surface area contributed by atoms with Crippen molar-refractivity contribution in [3.63, 3.8) is 0 Å². The molecule has 11 heteroatoms. The molecular formula is C37H34ClN5O5. The topological polar surface area (TPSA) is 151 Å². The molecule has 2 aliphatic heterocycles. The summed E-state index contributed by atoms with van der Waals surface area (Å²) in [5.41, 5.74) is 2.38. The van der Waals surface area contributed by atoms with E-state index in [0.29, 0.717) is 34.1 Å². The van der Waals surface area contributed by atoms with Crippen LogP contribution >= 0.6 is 11.6 Å². The number of hydrogen-bond acceptors (Lipinski definition) is 7. The Labute approximate surface area is 282 Å². The van der Waals surface area contributed by atoms with Crippen LogP contribution in [0, 0.1) is 11.3 Å². The van der Waals surface area contributed by atoms with Gasteiger partial charge in [-0.25, -0.2) is 0 Å². The number of halogens is 1. The Morgan fingerprint density at radius 1 is 0.854 bits per heavy atom. The minimum absolute atomic E-state index is 0.0469. The molecule has 2 aliphatic rings. The monoisotopic (exact) mass is 663 g/mol. The highest BCUT2D eigenvalue weighted by atomic mass is 35.5. The predicted molar refractivity (Wildman–Crippen MR) is 181 cm³/mol. The normalized spacial score (nSPS) is 17.0. The molecule has 4 aromatic carbocycles. The van der Waals surface area contributed by atoms with E-state index in [1.807, 2.05) is 60.7 Å². The van der Waals surface area contributed by atoms with E-state index >= 15 is 0 Å². The Balaban J connectivity index is 1.02. The van der Waals surface area contributed by atoms with Crippen molar-refractivity contribution in [3.8, 4) is 11.5 Å². The molecule has 1 fully saturated rings. The van der Waals surface area contributed by atoms with Gasteiger partial charge in [0.2, 0.25) is 11.8 Å². The second-order valence-electron chi connectivity index (χ2n) is 11.8. The van der Waals surface area contributed by atoms with Crippen LogP contribution in [0.15, 0.2) is 103 Å². The molecule has 10 nitrogen and oxygen atoms in total. The first kappa shape index (κ1) is 32.6. The van der Waals surface area contributed by atoms with E-state index in [-0.39, 0.29) is 67.5 Å². The summed E-state index contributed by atoms with van der Waals surface area (Å²) >= 11 is 6.07. The number of amides is 4. The first-order valence-electron chi connectivity index (χ1n) is 15.7. The van der Waals surface area contributed by atoms with E-state index in [9.17, 15) is 19.2 Å². The maximum absolute atomic E-state index is 13.5. The molecule has 0 bridgehead atoms. The Kier molecular flexibility index (Phi) is 9.94. The summed E-state index contributed by atoms with van der Waals surface area (Å²) in [6.07, 6.45) is 0.711. The molecule has 4 amide bonds. The van der Waals surface area contributed by atoms with Crippen molar-refractivity contribution in [2.75, 3.05) is 13.1 Å². The zero-order valence-corrected chi connectivity index (χ0v) is 26.7. The fourth-order valence-electron chi connectivity index (χ4n) is 5.91. The lowest BCUT2D eigenvalue weighted by molar-refractivity contribution is -0.125. The summed E-state index contributed by atoms with van der Waals surface area (Å²) in [4.78, 5) is 52.9. The summed E-state index contributed by atoms with van der Waals surface area (Å²) in [6, 6.07) is 30.1. The second kappa shape index (κ2) is 14.6. The lowest BCUT2D eigenvalue weighted by atomic mass is 9.92. The Hall–Kier alpha value is -5.32. The van der Waals surface area contributed by atoms with E-state index < -0.39 is 5.92 Å². The number of nitrogens with zero attached hydrogens (tertiary/aromatic N) is 1. The van der Waals surface area contributed by atoms with Gasteiger partial charge in [0, 0.05) is 36.6 Å². The van der Waals surface area contributed by atoms with Crippen LogP contribution < -0.4 is 20.7 Å². The number of rotatable bonds is 13. The largest absolute Gasteiger partial charge is 0.457 e. The Bertz CT molecular complexity index is 1810. The van der Waals surface area contributed by atoms with Gasteiger partial charge >= 0.3 is 0 Å². The van der Waals surface area contributed by atoms with Crippen LogP contribution in [0.1, 0.15) is 38.3 Å². The third-order valence-electron chi connectivity index (χ3n) is 8.34. The molecule has 0 saturated carbocycles. The molecule has 3 unspecified atom stereocenters. The van der Waals surface area contributed by atoms with Gasteiger partial charge in [-0.2, -0.15) is 0 Å².